The first-order valence-corrected chi connectivity index (χ1v) is 9.56. The van der Waals surface area contributed by atoms with Gasteiger partial charge in [-0.15, -0.1) is 12.4 Å². The fourth-order valence-corrected chi connectivity index (χ4v) is 6.09. The van der Waals surface area contributed by atoms with Gasteiger partial charge >= 0.3 is 0 Å². The molecule has 0 spiro atoms. The van der Waals surface area contributed by atoms with Crippen molar-refractivity contribution in [3.8, 4) is 0 Å². The molecule has 3 saturated carbocycles. The molecule has 4 unspecified atom stereocenters. The number of rotatable bonds is 3. The molecule has 5 aliphatic rings. The summed E-state index contributed by atoms with van der Waals surface area (Å²) in [7, 11) is 0. The molecule has 1 amide bonds. The van der Waals surface area contributed by atoms with Crippen molar-refractivity contribution >= 4 is 18.3 Å². The van der Waals surface area contributed by atoms with Crippen LogP contribution in [0.25, 0.3) is 0 Å². The van der Waals surface area contributed by atoms with Gasteiger partial charge in [0.05, 0.1) is 6.10 Å². The number of nitrogens with two attached hydrogens (primary N) is 1. The number of hydrogen-bond acceptors (Lipinski definition) is 3. The maximum atomic E-state index is 13.4. The number of carbonyl (C=O) groups excluding carboxylic acids is 1. The molecular weight excluding hydrogens is 324 g/mol. The Morgan fingerprint density at radius 3 is 2.25 bits per heavy atom. The predicted octanol–water partition coefficient (Wildman–Crippen LogP) is 2.98. The van der Waals surface area contributed by atoms with Crippen molar-refractivity contribution in [3.05, 3.63) is 0 Å². The Morgan fingerprint density at radius 1 is 1.12 bits per heavy atom. The van der Waals surface area contributed by atoms with Crippen molar-refractivity contribution < 1.29 is 9.53 Å². The van der Waals surface area contributed by atoms with Gasteiger partial charge in [-0.2, -0.15) is 0 Å². The molecule has 138 valence electrons. The standard InChI is InChI=1S/C19H32N2O2.ClH/c1-4-23-16-10-19(20,18(16,2)3)17(22)21-11-14-6-12-5-13(7-14)9-15(21)8-12;/h12-16H,4-11,20H2,1-3H3;1H. The Hall–Kier alpha value is -0.320. The molecule has 4 bridgehead atoms. The highest BCUT2D eigenvalue weighted by Crippen LogP contribution is 2.53. The minimum absolute atomic E-state index is 0. The Morgan fingerprint density at radius 2 is 1.71 bits per heavy atom. The molecule has 2 aliphatic heterocycles. The summed E-state index contributed by atoms with van der Waals surface area (Å²) in [5, 5.41) is 0. The molecule has 5 heteroatoms. The van der Waals surface area contributed by atoms with E-state index < -0.39 is 5.54 Å². The Balaban J connectivity index is 0.00000169. The highest BCUT2D eigenvalue weighted by atomic mass is 35.5. The van der Waals surface area contributed by atoms with Crippen molar-refractivity contribution in [2.24, 2.45) is 28.9 Å². The van der Waals surface area contributed by atoms with Crippen LogP contribution in [0.2, 0.25) is 0 Å². The van der Waals surface area contributed by atoms with Gasteiger partial charge in [0.2, 0.25) is 5.91 Å². The van der Waals surface area contributed by atoms with Crippen molar-refractivity contribution in [3.63, 3.8) is 0 Å². The molecule has 0 radical (unpaired) electrons. The lowest BCUT2D eigenvalue weighted by Crippen LogP contribution is -2.76. The van der Waals surface area contributed by atoms with Crippen LogP contribution in [0.4, 0.5) is 0 Å². The van der Waals surface area contributed by atoms with Crippen molar-refractivity contribution in [1.29, 1.82) is 0 Å². The number of carbonyl (C=O) groups is 1. The topological polar surface area (TPSA) is 55.6 Å². The van der Waals surface area contributed by atoms with E-state index in [0.717, 1.165) is 18.4 Å². The molecule has 0 aromatic carbocycles. The van der Waals surface area contributed by atoms with E-state index in [-0.39, 0.29) is 29.8 Å². The Kier molecular flexibility index (Phi) is 4.72. The molecule has 2 heterocycles. The largest absolute Gasteiger partial charge is 0.378 e. The second-order valence-corrected chi connectivity index (χ2v) is 9.23. The predicted molar refractivity (Wildman–Crippen MR) is 97.0 cm³/mol. The summed E-state index contributed by atoms with van der Waals surface area (Å²) >= 11 is 0. The number of hydrogen-bond donors (Lipinski definition) is 1. The molecule has 4 atom stereocenters. The minimum atomic E-state index is -0.742. The van der Waals surface area contributed by atoms with Gasteiger partial charge in [-0.1, -0.05) is 13.8 Å². The summed E-state index contributed by atoms with van der Waals surface area (Å²) in [4.78, 5) is 15.6. The van der Waals surface area contributed by atoms with E-state index in [1.54, 1.807) is 0 Å². The highest BCUT2D eigenvalue weighted by molar-refractivity contribution is 5.89. The van der Waals surface area contributed by atoms with Gasteiger partial charge in [0.25, 0.3) is 0 Å². The second kappa shape index (κ2) is 6.14. The average molecular weight is 357 g/mol. The van der Waals surface area contributed by atoms with Crippen LogP contribution in [0.5, 0.6) is 0 Å². The fourth-order valence-electron chi connectivity index (χ4n) is 6.09. The second-order valence-electron chi connectivity index (χ2n) is 9.23. The number of ether oxygens (including phenoxy) is 1. The van der Waals surface area contributed by atoms with Gasteiger partial charge in [-0.3, -0.25) is 4.79 Å². The van der Waals surface area contributed by atoms with Crippen LogP contribution in [-0.4, -0.2) is 41.6 Å². The van der Waals surface area contributed by atoms with Crippen LogP contribution in [-0.2, 0) is 9.53 Å². The molecule has 0 aromatic heterocycles. The third-order valence-electron chi connectivity index (χ3n) is 7.58. The van der Waals surface area contributed by atoms with E-state index in [1.807, 2.05) is 6.92 Å². The number of fused-ring (bicyclic) bond motifs is 1. The van der Waals surface area contributed by atoms with Crippen LogP contribution in [0.15, 0.2) is 0 Å². The molecule has 2 N–H and O–H groups in total. The van der Waals surface area contributed by atoms with Gasteiger partial charge in [0.1, 0.15) is 5.54 Å². The lowest BCUT2D eigenvalue weighted by atomic mass is 9.54. The summed E-state index contributed by atoms with van der Waals surface area (Å²) in [6.45, 7) is 7.87. The zero-order valence-electron chi connectivity index (χ0n) is 15.3. The molecule has 24 heavy (non-hydrogen) atoms. The summed E-state index contributed by atoms with van der Waals surface area (Å²) in [6, 6.07) is 0.445. The first kappa shape index (κ1) is 18.5. The van der Waals surface area contributed by atoms with Gasteiger partial charge in [-0.05, 0) is 56.8 Å². The average Bonchev–Trinajstić information content (AvgIpc) is 2.69. The van der Waals surface area contributed by atoms with Crippen LogP contribution in [0.1, 0.15) is 59.3 Å². The molecule has 5 rings (SSSR count). The normalized spacial score (nSPS) is 45.3. The van der Waals surface area contributed by atoms with Crippen LogP contribution < -0.4 is 5.73 Å². The van der Waals surface area contributed by atoms with Gasteiger partial charge in [0, 0.05) is 31.0 Å². The maximum Gasteiger partial charge on any atom is 0.243 e. The quantitative estimate of drug-likeness (QED) is 0.845. The van der Waals surface area contributed by atoms with Crippen molar-refractivity contribution in [2.75, 3.05) is 13.2 Å². The summed E-state index contributed by atoms with van der Waals surface area (Å²) in [6.07, 6.45) is 7.28. The SMILES string of the molecule is CCOC1CC(N)(C(=O)N2CC3CC4CC(C3)CC2C4)C1(C)C.Cl. The summed E-state index contributed by atoms with van der Waals surface area (Å²) in [5.74, 6) is 2.63. The third-order valence-corrected chi connectivity index (χ3v) is 7.58. The lowest BCUT2D eigenvalue weighted by molar-refractivity contribution is -0.181. The zero-order valence-corrected chi connectivity index (χ0v) is 16.1. The summed E-state index contributed by atoms with van der Waals surface area (Å²) < 4.78 is 5.81. The van der Waals surface area contributed by atoms with Crippen molar-refractivity contribution in [2.45, 2.75) is 77.0 Å². The van der Waals surface area contributed by atoms with Gasteiger partial charge in [-0.25, -0.2) is 0 Å². The lowest BCUT2D eigenvalue weighted by Gasteiger charge is -2.59. The van der Waals surface area contributed by atoms with E-state index in [4.69, 9.17) is 10.5 Å². The molecule has 3 aliphatic carbocycles. The Labute approximate surface area is 152 Å². The minimum Gasteiger partial charge on any atom is -0.378 e. The number of amides is 1. The molecule has 2 saturated heterocycles. The van der Waals surface area contributed by atoms with Crippen LogP contribution in [0.3, 0.4) is 0 Å². The smallest absolute Gasteiger partial charge is 0.243 e. The molecule has 4 nitrogen and oxygen atoms in total. The van der Waals surface area contributed by atoms with E-state index in [0.29, 0.717) is 25.0 Å². The monoisotopic (exact) mass is 356 g/mol. The highest BCUT2D eigenvalue weighted by Gasteiger charge is 2.64. The van der Waals surface area contributed by atoms with E-state index >= 15 is 0 Å². The first-order valence-electron chi connectivity index (χ1n) is 9.56. The molecule has 5 fully saturated rings. The van der Waals surface area contributed by atoms with E-state index in [1.165, 1.54) is 32.1 Å². The van der Waals surface area contributed by atoms with Gasteiger partial charge < -0.3 is 15.4 Å². The fraction of sp³-hybridized carbons (Fsp3) is 0.947. The van der Waals surface area contributed by atoms with Gasteiger partial charge in [0.15, 0.2) is 0 Å². The van der Waals surface area contributed by atoms with Crippen LogP contribution in [0, 0.1) is 23.2 Å². The van der Waals surface area contributed by atoms with E-state index in [9.17, 15) is 4.79 Å². The number of nitrogens with zero attached hydrogens (tertiary/aromatic N) is 1. The van der Waals surface area contributed by atoms with Crippen LogP contribution >= 0.6 is 12.4 Å². The molecule has 0 aromatic rings. The molecular formula is C19H33ClN2O2. The zero-order chi connectivity index (χ0) is 16.4. The first-order chi connectivity index (χ1) is 10.8. The Bertz CT molecular complexity index is 498. The van der Waals surface area contributed by atoms with Crippen molar-refractivity contribution in [1.82, 2.24) is 4.90 Å². The number of halogens is 1. The maximum absolute atomic E-state index is 13.4. The third kappa shape index (κ3) is 2.52. The van der Waals surface area contributed by atoms with E-state index in [2.05, 4.69) is 18.7 Å². The summed E-state index contributed by atoms with van der Waals surface area (Å²) in [5.41, 5.74) is 5.67.